The zero-order valence-corrected chi connectivity index (χ0v) is 18.4. The van der Waals surface area contributed by atoms with E-state index in [9.17, 15) is 14.7 Å². The second-order valence-corrected chi connectivity index (χ2v) is 8.46. The van der Waals surface area contributed by atoms with E-state index < -0.39 is 30.1 Å². The number of anilines is 1. The highest BCUT2D eigenvalue weighted by Gasteiger charge is 2.26. The van der Waals surface area contributed by atoms with E-state index in [0.717, 1.165) is 0 Å². The molecule has 2 rings (SSSR count). The van der Waals surface area contributed by atoms with Gasteiger partial charge in [-0.3, -0.25) is 15.0 Å². The highest BCUT2D eigenvalue weighted by Crippen LogP contribution is 2.28. The van der Waals surface area contributed by atoms with Crippen LogP contribution >= 0.6 is 11.6 Å². The summed E-state index contributed by atoms with van der Waals surface area (Å²) in [6, 6.07) is 13.7. The average molecular weight is 431 g/mol. The zero-order valence-electron chi connectivity index (χ0n) is 17.6. The van der Waals surface area contributed by atoms with E-state index in [1.165, 1.54) is 4.90 Å². The van der Waals surface area contributed by atoms with Crippen LogP contribution in [-0.2, 0) is 14.3 Å². The molecule has 0 aliphatic rings. The van der Waals surface area contributed by atoms with E-state index >= 15 is 0 Å². The van der Waals surface area contributed by atoms with Crippen molar-refractivity contribution in [2.45, 2.75) is 45.8 Å². The fourth-order valence-electron chi connectivity index (χ4n) is 3.15. The van der Waals surface area contributed by atoms with Gasteiger partial charge in [-0.15, -0.1) is 0 Å². The molecule has 0 saturated heterocycles. The van der Waals surface area contributed by atoms with Crippen LogP contribution in [0.4, 0.5) is 5.69 Å². The van der Waals surface area contributed by atoms with Crippen molar-refractivity contribution in [2.24, 2.45) is 0 Å². The van der Waals surface area contributed by atoms with Crippen LogP contribution in [0.15, 0.2) is 48.5 Å². The lowest BCUT2D eigenvalue weighted by Gasteiger charge is -2.28. The highest BCUT2D eigenvalue weighted by atomic mass is 35.5. The van der Waals surface area contributed by atoms with Gasteiger partial charge >= 0.3 is 5.97 Å². The number of nitrogens with one attached hydrogen (secondary N) is 1. The Balaban J connectivity index is 2.43. The number of amides is 1. The minimum Gasteiger partial charge on any atom is -0.480 e. The number of carbonyl (C=O) groups is 2. The van der Waals surface area contributed by atoms with Crippen LogP contribution in [0.1, 0.15) is 45.2 Å². The van der Waals surface area contributed by atoms with E-state index in [0.29, 0.717) is 21.8 Å². The summed E-state index contributed by atoms with van der Waals surface area (Å²) >= 11 is 6.16. The predicted octanol–water partition coefficient (Wildman–Crippen LogP) is 4.77. The summed E-state index contributed by atoms with van der Waals surface area (Å²) in [4.78, 5) is 25.7. The van der Waals surface area contributed by atoms with Gasteiger partial charge in [0, 0.05) is 16.1 Å². The Morgan fingerprint density at radius 1 is 1.17 bits per heavy atom. The molecule has 6 nitrogen and oxygen atoms in total. The maximum atomic E-state index is 13.1. The quantitative estimate of drug-likeness (QED) is 0.590. The lowest BCUT2D eigenvalue weighted by molar-refractivity contribution is -0.137. The number of carbonyl (C=O) groups excluding carboxylic acids is 1. The summed E-state index contributed by atoms with van der Waals surface area (Å²) in [5.41, 5.74) is 1.05. The summed E-state index contributed by atoms with van der Waals surface area (Å²) in [7, 11) is 0. The first-order valence-electron chi connectivity index (χ1n) is 9.62. The van der Waals surface area contributed by atoms with E-state index in [4.69, 9.17) is 21.7 Å². The molecule has 0 heterocycles. The standard InChI is InChI=1S/C23H27ClN2O4/c1-15(30-23(2,3)4)12-20(27)26(14-21(28)29)19-11-10-17(24)13-18(19)22(25)16-8-6-5-7-9-16/h5-11,13,15,25H,12,14H2,1-4H3,(H,28,29). The Bertz CT molecular complexity index is 923. The molecule has 2 aromatic rings. The minimum absolute atomic E-state index is 0.00524. The largest absolute Gasteiger partial charge is 0.480 e. The fourth-order valence-corrected chi connectivity index (χ4v) is 3.32. The highest BCUT2D eigenvalue weighted by molar-refractivity contribution is 6.31. The van der Waals surface area contributed by atoms with Crippen LogP contribution in [-0.4, -0.2) is 40.9 Å². The lowest BCUT2D eigenvalue weighted by Crippen LogP contribution is -2.39. The number of rotatable bonds is 8. The van der Waals surface area contributed by atoms with Crippen molar-refractivity contribution >= 4 is 34.9 Å². The summed E-state index contributed by atoms with van der Waals surface area (Å²) in [6.45, 7) is 6.92. The number of carboxylic acids is 1. The molecule has 2 aromatic carbocycles. The molecule has 0 aliphatic heterocycles. The van der Waals surface area contributed by atoms with Crippen molar-refractivity contribution in [1.82, 2.24) is 0 Å². The van der Waals surface area contributed by atoms with Gasteiger partial charge in [-0.2, -0.15) is 0 Å². The maximum absolute atomic E-state index is 13.1. The van der Waals surface area contributed by atoms with Gasteiger partial charge in [0.05, 0.1) is 29.5 Å². The van der Waals surface area contributed by atoms with E-state index in [1.54, 1.807) is 49.4 Å². The van der Waals surface area contributed by atoms with Crippen LogP contribution in [0.3, 0.4) is 0 Å². The van der Waals surface area contributed by atoms with Gasteiger partial charge in [-0.1, -0.05) is 41.9 Å². The zero-order chi connectivity index (χ0) is 22.5. The monoisotopic (exact) mass is 430 g/mol. The molecular weight excluding hydrogens is 404 g/mol. The van der Waals surface area contributed by atoms with Crippen molar-refractivity contribution < 1.29 is 19.4 Å². The number of aliphatic carboxylic acids is 1. The van der Waals surface area contributed by atoms with E-state index in [1.807, 2.05) is 26.8 Å². The summed E-state index contributed by atoms with van der Waals surface area (Å²) < 4.78 is 5.81. The molecule has 1 amide bonds. The van der Waals surface area contributed by atoms with Crippen molar-refractivity contribution in [2.75, 3.05) is 11.4 Å². The van der Waals surface area contributed by atoms with Crippen LogP contribution in [0.5, 0.6) is 0 Å². The summed E-state index contributed by atoms with van der Waals surface area (Å²) in [5, 5.41) is 18.4. The van der Waals surface area contributed by atoms with Gasteiger partial charge in [0.25, 0.3) is 0 Å². The number of carboxylic acid groups (broad SMARTS) is 1. The van der Waals surface area contributed by atoms with Crippen LogP contribution in [0.2, 0.25) is 5.02 Å². The molecule has 2 N–H and O–H groups in total. The Kier molecular flexibility index (Phi) is 7.76. The first-order chi connectivity index (χ1) is 14.0. The van der Waals surface area contributed by atoms with Crippen LogP contribution in [0, 0.1) is 5.41 Å². The Labute approximate surface area is 181 Å². The first kappa shape index (κ1) is 23.6. The molecule has 1 atom stereocenters. The predicted molar refractivity (Wildman–Crippen MR) is 119 cm³/mol. The molecule has 0 spiro atoms. The molecule has 160 valence electrons. The molecule has 0 bridgehead atoms. The molecule has 0 radical (unpaired) electrons. The third kappa shape index (κ3) is 6.68. The second-order valence-electron chi connectivity index (χ2n) is 8.02. The average Bonchev–Trinajstić information content (AvgIpc) is 2.64. The number of ether oxygens (including phenoxy) is 1. The van der Waals surface area contributed by atoms with Crippen molar-refractivity contribution in [3.63, 3.8) is 0 Å². The van der Waals surface area contributed by atoms with E-state index in [-0.39, 0.29) is 12.1 Å². The maximum Gasteiger partial charge on any atom is 0.323 e. The van der Waals surface area contributed by atoms with Crippen LogP contribution in [0.25, 0.3) is 0 Å². The molecule has 0 aromatic heterocycles. The summed E-state index contributed by atoms with van der Waals surface area (Å²) in [6.07, 6.45) is -0.399. The smallest absolute Gasteiger partial charge is 0.323 e. The normalized spacial score (nSPS) is 12.3. The molecule has 0 saturated carbocycles. The fraction of sp³-hybridized carbons (Fsp3) is 0.348. The van der Waals surface area contributed by atoms with Gasteiger partial charge in [0.2, 0.25) is 5.91 Å². The third-order valence-corrected chi connectivity index (χ3v) is 4.43. The second kappa shape index (κ2) is 9.87. The van der Waals surface area contributed by atoms with Crippen molar-refractivity contribution in [3.8, 4) is 0 Å². The number of benzene rings is 2. The topological polar surface area (TPSA) is 90.7 Å². The summed E-state index contributed by atoms with van der Waals surface area (Å²) in [5.74, 6) is -1.56. The Hall–Kier alpha value is -2.70. The van der Waals surface area contributed by atoms with Gasteiger partial charge in [-0.05, 0) is 45.9 Å². The van der Waals surface area contributed by atoms with Gasteiger partial charge < -0.3 is 14.7 Å². The molecule has 0 aliphatic carbocycles. The third-order valence-electron chi connectivity index (χ3n) is 4.19. The molecular formula is C23H27ClN2O4. The number of nitrogens with zero attached hydrogens (tertiary/aromatic N) is 1. The minimum atomic E-state index is -1.15. The molecule has 1 unspecified atom stereocenters. The molecule has 7 heteroatoms. The first-order valence-corrected chi connectivity index (χ1v) is 9.99. The SMILES string of the molecule is CC(CC(=O)N(CC(=O)O)c1ccc(Cl)cc1C(=N)c1ccccc1)OC(C)(C)C. The molecule has 30 heavy (non-hydrogen) atoms. The van der Waals surface area contributed by atoms with Gasteiger partial charge in [0.15, 0.2) is 0 Å². The lowest BCUT2D eigenvalue weighted by atomic mass is 9.99. The van der Waals surface area contributed by atoms with E-state index in [2.05, 4.69) is 0 Å². The van der Waals surface area contributed by atoms with Crippen molar-refractivity contribution in [1.29, 1.82) is 5.41 Å². The number of hydrogen-bond acceptors (Lipinski definition) is 4. The van der Waals surface area contributed by atoms with Gasteiger partial charge in [0.1, 0.15) is 6.54 Å². The molecule has 0 fully saturated rings. The number of halogens is 1. The van der Waals surface area contributed by atoms with Crippen LogP contribution < -0.4 is 4.90 Å². The number of hydrogen-bond donors (Lipinski definition) is 2. The van der Waals surface area contributed by atoms with Gasteiger partial charge in [-0.25, -0.2) is 0 Å². The van der Waals surface area contributed by atoms with Crippen molar-refractivity contribution in [3.05, 3.63) is 64.7 Å². The Morgan fingerprint density at radius 2 is 1.80 bits per heavy atom. The Morgan fingerprint density at radius 3 is 2.37 bits per heavy atom.